The van der Waals surface area contributed by atoms with Crippen LogP contribution in [0.15, 0.2) is 0 Å². The molecule has 0 saturated carbocycles. The second kappa shape index (κ2) is 1.43. The van der Waals surface area contributed by atoms with E-state index in [1.54, 1.807) is 0 Å². The molecule has 1 rings (SSSR count). The Balaban J connectivity index is 2.29. The van der Waals surface area contributed by atoms with Gasteiger partial charge in [0.05, 0.1) is 13.1 Å². The van der Waals surface area contributed by atoms with Crippen molar-refractivity contribution >= 4 is 0 Å². The van der Waals surface area contributed by atoms with Gasteiger partial charge in [0.1, 0.15) is 0 Å². The Labute approximate surface area is 42.3 Å². The summed E-state index contributed by atoms with van der Waals surface area (Å²) in [6.07, 6.45) is 0.976. The van der Waals surface area contributed by atoms with E-state index >= 15 is 0 Å². The second-order valence-corrected chi connectivity index (χ2v) is 2.00. The molecular formula is C4H9NO2. The number of aliphatic hydroxyl groups excluding tert-OH is 1. The lowest BCUT2D eigenvalue weighted by atomic mass is 10.2. The third-order valence-electron chi connectivity index (χ3n) is 1.39. The molecule has 0 radical (unpaired) electrons. The molecule has 1 N–H and O–H groups in total. The monoisotopic (exact) mass is 103 g/mol. The summed E-state index contributed by atoms with van der Waals surface area (Å²) < 4.78 is -0.375. The smallest absolute Gasteiger partial charge is 0.180 e. The summed E-state index contributed by atoms with van der Waals surface area (Å²) in [5.41, 5.74) is 0. The van der Waals surface area contributed by atoms with E-state index in [0.29, 0.717) is 13.1 Å². The Kier molecular flexibility index (Phi) is 1.03. The first kappa shape index (κ1) is 5.03. The van der Waals surface area contributed by atoms with Gasteiger partial charge in [-0.2, -0.15) is 0 Å². The maximum absolute atomic E-state index is 10.6. The van der Waals surface area contributed by atoms with Crippen LogP contribution in [0, 0.1) is 5.21 Å². The molecule has 42 valence electrons. The lowest BCUT2D eigenvalue weighted by molar-refractivity contribution is -0.935. The molecule has 0 aliphatic carbocycles. The van der Waals surface area contributed by atoms with E-state index < -0.39 is 0 Å². The number of aliphatic hydroxyl groups is 1. The van der Waals surface area contributed by atoms with Crippen LogP contribution in [-0.2, 0) is 0 Å². The largest absolute Gasteiger partial charge is 0.631 e. The molecule has 1 fully saturated rings. The fourth-order valence-electron chi connectivity index (χ4n) is 0.652. The van der Waals surface area contributed by atoms with E-state index in [-0.39, 0.29) is 11.4 Å². The van der Waals surface area contributed by atoms with Crippen LogP contribution in [0.2, 0.25) is 0 Å². The van der Waals surface area contributed by atoms with E-state index in [9.17, 15) is 5.21 Å². The number of rotatable bonds is 1. The Morgan fingerprint density at radius 2 is 2.14 bits per heavy atom. The van der Waals surface area contributed by atoms with E-state index in [0.717, 1.165) is 6.42 Å². The third kappa shape index (κ3) is 0.748. The predicted octanol–water partition coefficient (Wildman–Crippen LogP) is -0.345. The molecule has 1 aliphatic heterocycles. The van der Waals surface area contributed by atoms with E-state index in [4.69, 9.17) is 5.11 Å². The molecule has 1 saturated heterocycles. The first-order valence-electron chi connectivity index (χ1n) is 2.45. The molecular weight excluding hydrogens is 94.0 g/mol. The number of likely N-dealkylation sites (tertiary alicyclic amines) is 1. The summed E-state index contributed by atoms with van der Waals surface area (Å²) in [5, 5.41) is 18.9. The number of quaternary nitrogens is 1. The third-order valence-corrected chi connectivity index (χ3v) is 1.39. The van der Waals surface area contributed by atoms with Crippen LogP contribution in [0.1, 0.15) is 6.42 Å². The summed E-state index contributed by atoms with van der Waals surface area (Å²) in [6.45, 7) is 0.979. The fraction of sp³-hybridized carbons (Fsp3) is 1.00. The zero-order valence-electron chi connectivity index (χ0n) is 4.13. The summed E-state index contributed by atoms with van der Waals surface area (Å²) >= 11 is 0. The van der Waals surface area contributed by atoms with Crippen LogP contribution < -0.4 is 0 Å². The normalized spacial score (nSPS) is 26.6. The molecule has 0 bridgehead atoms. The Morgan fingerprint density at radius 1 is 1.57 bits per heavy atom. The molecule has 1 aliphatic rings. The molecule has 1 heterocycles. The van der Waals surface area contributed by atoms with Crippen LogP contribution in [0.25, 0.3) is 0 Å². The topological polar surface area (TPSA) is 43.3 Å². The van der Waals surface area contributed by atoms with Crippen molar-refractivity contribution in [2.75, 3.05) is 19.8 Å². The van der Waals surface area contributed by atoms with Crippen LogP contribution >= 0.6 is 0 Å². The highest BCUT2D eigenvalue weighted by atomic mass is 16.6. The van der Waals surface area contributed by atoms with Gasteiger partial charge in [0, 0.05) is 6.42 Å². The van der Waals surface area contributed by atoms with Crippen molar-refractivity contribution in [3.63, 3.8) is 0 Å². The van der Waals surface area contributed by atoms with Crippen molar-refractivity contribution < 1.29 is 9.75 Å². The van der Waals surface area contributed by atoms with Gasteiger partial charge >= 0.3 is 0 Å². The Bertz CT molecular complexity index is 64.6. The lowest BCUT2D eigenvalue weighted by Gasteiger charge is -2.47. The van der Waals surface area contributed by atoms with Gasteiger partial charge in [0.25, 0.3) is 0 Å². The summed E-state index contributed by atoms with van der Waals surface area (Å²) in [7, 11) is 0. The van der Waals surface area contributed by atoms with Gasteiger partial charge < -0.3 is 15.0 Å². The minimum atomic E-state index is -0.375. The minimum Gasteiger partial charge on any atom is -0.631 e. The Morgan fingerprint density at radius 3 is 2.14 bits per heavy atom. The zero-order valence-corrected chi connectivity index (χ0v) is 4.13. The average Bonchev–Trinajstić information content (AvgIpc) is 1.61. The van der Waals surface area contributed by atoms with Gasteiger partial charge in [-0.15, -0.1) is 0 Å². The van der Waals surface area contributed by atoms with Gasteiger partial charge in [-0.1, -0.05) is 0 Å². The first-order chi connectivity index (χ1) is 3.27. The van der Waals surface area contributed by atoms with Crippen molar-refractivity contribution in [2.45, 2.75) is 6.42 Å². The highest BCUT2D eigenvalue weighted by Crippen LogP contribution is 2.14. The molecule has 7 heavy (non-hydrogen) atoms. The van der Waals surface area contributed by atoms with Crippen molar-refractivity contribution in [1.82, 2.24) is 0 Å². The predicted molar refractivity (Wildman–Crippen MR) is 25.1 cm³/mol. The molecule has 0 amide bonds. The number of nitrogens with zero attached hydrogens (tertiary/aromatic N) is 1. The van der Waals surface area contributed by atoms with E-state index in [1.165, 1.54) is 0 Å². The quantitative estimate of drug-likeness (QED) is 0.364. The van der Waals surface area contributed by atoms with Gasteiger partial charge in [0.15, 0.2) is 6.73 Å². The minimum absolute atomic E-state index is 0.236. The maximum atomic E-state index is 10.6. The molecule has 0 atom stereocenters. The Hall–Kier alpha value is -0.120. The van der Waals surface area contributed by atoms with Gasteiger partial charge in [-0.25, -0.2) is 0 Å². The van der Waals surface area contributed by atoms with E-state index in [1.807, 2.05) is 0 Å². The van der Waals surface area contributed by atoms with Gasteiger partial charge in [-0.05, 0) is 0 Å². The number of hydroxylamine groups is 3. The SMILES string of the molecule is [O-][N+]1(CO)CCC1. The van der Waals surface area contributed by atoms with Crippen LogP contribution in [0.4, 0.5) is 0 Å². The van der Waals surface area contributed by atoms with Crippen molar-refractivity contribution in [1.29, 1.82) is 0 Å². The zero-order chi connectivity index (χ0) is 5.33. The molecule has 0 unspecified atom stereocenters. The summed E-state index contributed by atoms with van der Waals surface area (Å²) in [5.74, 6) is 0. The number of hydrogen-bond donors (Lipinski definition) is 1. The van der Waals surface area contributed by atoms with Crippen molar-refractivity contribution in [3.05, 3.63) is 5.21 Å². The summed E-state index contributed by atoms with van der Waals surface area (Å²) in [6, 6.07) is 0. The van der Waals surface area contributed by atoms with E-state index in [2.05, 4.69) is 0 Å². The summed E-state index contributed by atoms with van der Waals surface area (Å²) in [4.78, 5) is 0. The average molecular weight is 103 g/mol. The second-order valence-electron chi connectivity index (χ2n) is 2.00. The van der Waals surface area contributed by atoms with Gasteiger partial charge in [-0.3, -0.25) is 0 Å². The molecule has 0 aromatic carbocycles. The fourth-order valence-corrected chi connectivity index (χ4v) is 0.652. The molecule has 3 nitrogen and oxygen atoms in total. The lowest BCUT2D eigenvalue weighted by Crippen LogP contribution is -2.53. The number of hydrogen-bond acceptors (Lipinski definition) is 2. The van der Waals surface area contributed by atoms with Crippen molar-refractivity contribution in [2.24, 2.45) is 0 Å². The first-order valence-corrected chi connectivity index (χ1v) is 2.45. The molecule has 0 aromatic heterocycles. The standard InChI is InChI=1S/C4H9NO2/c6-4-5(7)2-1-3-5/h6H,1-4H2. The van der Waals surface area contributed by atoms with Gasteiger partial charge in [0.2, 0.25) is 0 Å². The van der Waals surface area contributed by atoms with Crippen LogP contribution in [-0.4, -0.2) is 29.6 Å². The molecule has 0 spiro atoms. The highest BCUT2D eigenvalue weighted by molar-refractivity contribution is 4.50. The van der Waals surface area contributed by atoms with Crippen LogP contribution in [0.5, 0.6) is 0 Å². The van der Waals surface area contributed by atoms with Crippen LogP contribution in [0.3, 0.4) is 0 Å². The molecule has 0 aromatic rings. The molecule has 3 heteroatoms. The van der Waals surface area contributed by atoms with Crippen molar-refractivity contribution in [3.8, 4) is 0 Å². The maximum Gasteiger partial charge on any atom is 0.180 e. The highest BCUT2D eigenvalue weighted by Gasteiger charge is 2.24.